The van der Waals surface area contributed by atoms with Crippen molar-refractivity contribution in [3.05, 3.63) is 34.4 Å². The molecule has 1 aromatic carbocycles. The second-order valence-corrected chi connectivity index (χ2v) is 8.34. The summed E-state index contributed by atoms with van der Waals surface area (Å²) in [6, 6.07) is 0.818. The van der Waals surface area contributed by atoms with E-state index in [1.165, 1.54) is 61.3 Å². The van der Waals surface area contributed by atoms with E-state index in [0.717, 1.165) is 0 Å². The van der Waals surface area contributed by atoms with Crippen LogP contribution in [-0.4, -0.2) is 95.4 Å². The van der Waals surface area contributed by atoms with E-state index in [4.69, 9.17) is 10.2 Å². The van der Waals surface area contributed by atoms with Gasteiger partial charge in [0.05, 0.1) is 75.4 Å². The first-order valence-corrected chi connectivity index (χ1v) is 12.5. The SMILES string of the molecule is CC[N+](CC)(CC)CC.CC[N+](CC)(CC)CC.O=C([O-])c1cc(C(=O)[O-])c(C(=O)O)cc1C(=O)O. The van der Waals surface area contributed by atoms with Crippen molar-refractivity contribution in [3.8, 4) is 0 Å². The molecular weight excluding hydrogens is 468 g/mol. The third-order valence-corrected chi connectivity index (χ3v) is 7.42. The molecule has 0 aliphatic carbocycles. The number of quaternary nitrogens is 2. The molecule has 0 aliphatic rings. The minimum absolute atomic E-state index is 0.386. The molecule has 0 spiro atoms. The van der Waals surface area contributed by atoms with Gasteiger partial charge < -0.3 is 39.0 Å². The maximum absolute atomic E-state index is 10.7. The van der Waals surface area contributed by atoms with E-state index in [9.17, 15) is 29.4 Å². The molecular formula is C26H44N2O8. The van der Waals surface area contributed by atoms with Gasteiger partial charge >= 0.3 is 11.9 Å². The minimum Gasteiger partial charge on any atom is -0.545 e. The summed E-state index contributed by atoms with van der Waals surface area (Å²) in [5.41, 5.74) is -3.63. The van der Waals surface area contributed by atoms with Crippen molar-refractivity contribution >= 4 is 23.9 Å². The summed E-state index contributed by atoms with van der Waals surface area (Å²) in [5, 5.41) is 38.7. The molecule has 0 radical (unpaired) electrons. The molecule has 0 heterocycles. The molecule has 0 saturated carbocycles. The first kappa shape index (κ1) is 35.2. The van der Waals surface area contributed by atoms with Gasteiger partial charge in [0.1, 0.15) is 0 Å². The molecule has 0 fully saturated rings. The molecule has 10 heteroatoms. The van der Waals surface area contributed by atoms with E-state index >= 15 is 0 Å². The zero-order valence-corrected chi connectivity index (χ0v) is 23.0. The highest BCUT2D eigenvalue weighted by molar-refractivity contribution is 6.08. The lowest BCUT2D eigenvalue weighted by Gasteiger charge is -2.34. The molecule has 0 bridgehead atoms. The van der Waals surface area contributed by atoms with Crippen molar-refractivity contribution < 1.29 is 48.6 Å². The van der Waals surface area contributed by atoms with E-state index in [1.54, 1.807) is 0 Å². The van der Waals surface area contributed by atoms with Gasteiger partial charge in [0, 0.05) is 11.1 Å². The topological polar surface area (TPSA) is 155 Å². The van der Waals surface area contributed by atoms with Gasteiger partial charge in [0.15, 0.2) is 0 Å². The molecule has 10 nitrogen and oxygen atoms in total. The average Bonchev–Trinajstić information content (AvgIpc) is 2.87. The number of nitrogens with zero attached hydrogens (tertiary/aromatic N) is 2. The molecule has 0 unspecified atom stereocenters. The number of carboxylic acids is 4. The van der Waals surface area contributed by atoms with Crippen LogP contribution in [0.25, 0.3) is 0 Å². The van der Waals surface area contributed by atoms with Gasteiger partial charge in [0.2, 0.25) is 0 Å². The number of hydrogen-bond acceptors (Lipinski definition) is 6. The van der Waals surface area contributed by atoms with Crippen molar-refractivity contribution in [2.24, 2.45) is 0 Å². The Labute approximate surface area is 215 Å². The van der Waals surface area contributed by atoms with Gasteiger partial charge in [-0.05, 0) is 67.5 Å². The fourth-order valence-electron chi connectivity index (χ4n) is 3.97. The van der Waals surface area contributed by atoms with Crippen LogP contribution in [0.1, 0.15) is 96.8 Å². The first-order chi connectivity index (χ1) is 16.7. The standard InChI is InChI=1S/C10H6O8.2C8H20N/c11-7(12)3-1-4(8(13)14)6(10(17)18)2-5(3)9(15)16;2*1-5-9(6-2,7-3)8-4/h1-2H,(H,11,12)(H,13,14)(H,15,16)(H,17,18);2*5-8H2,1-4H3/q;2*+1/p-2. The maximum atomic E-state index is 10.7. The Morgan fingerprint density at radius 1 is 0.528 bits per heavy atom. The second kappa shape index (κ2) is 16.6. The number of carboxylic acid groups (broad SMARTS) is 4. The monoisotopic (exact) mass is 512 g/mol. The fourth-order valence-corrected chi connectivity index (χ4v) is 3.97. The summed E-state index contributed by atoms with van der Waals surface area (Å²) in [4.78, 5) is 42.8. The summed E-state index contributed by atoms with van der Waals surface area (Å²) >= 11 is 0. The third kappa shape index (κ3) is 9.94. The Morgan fingerprint density at radius 3 is 0.833 bits per heavy atom. The fraction of sp³-hybridized carbons (Fsp3) is 0.615. The number of carbonyl (C=O) groups excluding carboxylic acids is 2. The van der Waals surface area contributed by atoms with Crippen LogP contribution in [0.5, 0.6) is 0 Å². The summed E-state index contributed by atoms with van der Waals surface area (Å²) in [6.45, 7) is 28.4. The molecule has 0 aromatic heterocycles. The van der Waals surface area contributed by atoms with Crippen LogP contribution < -0.4 is 10.2 Å². The highest BCUT2D eigenvalue weighted by Crippen LogP contribution is 2.17. The number of benzene rings is 1. The van der Waals surface area contributed by atoms with E-state index in [1.807, 2.05) is 0 Å². The minimum atomic E-state index is -1.94. The number of carbonyl (C=O) groups is 4. The van der Waals surface area contributed by atoms with Crippen LogP contribution in [0.2, 0.25) is 0 Å². The van der Waals surface area contributed by atoms with E-state index in [2.05, 4.69) is 55.4 Å². The molecule has 2 N–H and O–H groups in total. The Balaban J connectivity index is 0. The molecule has 0 atom stereocenters. The Hall–Kier alpha value is -2.98. The molecule has 206 valence electrons. The predicted octanol–water partition coefficient (Wildman–Crippen LogP) is 1.58. The summed E-state index contributed by atoms with van der Waals surface area (Å²) in [7, 11) is 0. The first-order valence-electron chi connectivity index (χ1n) is 12.5. The molecule has 36 heavy (non-hydrogen) atoms. The number of rotatable bonds is 12. The van der Waals surface area contributed by atoms with Gasteiger partial charge in [-0.1, -0.05) is 0 Å². The lowest BCUT2D eigenvalue weighted by molar-refractivity contribution is -0.921. The van der Waals surface area contributed by atoms with Gasteiger partial charge in [-0.15, -0.1) is 0 Å². The van der Waals surface area contributed by atoms with Crippen LogP contribution >= 0.6 is 0 Å². The quantitative estimate of drug-likeness (QED) is 0.400. The number of hydrogen-bond donors (Lipinski definition) is 2. The van der Waals surface area contributed by atoms with Crippen molar-refractivity contribution in [3.63, 3.8) is 0 Å². The van der Waals surface area contributed by atoms with Crippen LogP contribution in [0.4, 0.5) is 0 Å². The van der Waals surface area contributed by atoms with Crippen molar-refractivity contribution in [1.29, 1.82) is 0 Å². The maximum Gasteiger partial charge on any atom is 0.336 e. The Morgan fingerprint density at radius 2 is 0.722 bits per heavy atom. The van der Waals surface area contributed by atoms with Gasteiger partial charge in [-0.2, -0.15) is 0 Å². The highest BCUT2D eigenvalue weighted by atomic mass is 16.4. The zero-order valence-electron chi connectivity index (χ0n) is 23.0. The van der Waals surface area contributed by atoms with Crippen LogP contribution in [0.15, 0.2) is 12.1 Å². The van der Waals surface area contributed by atoms with Gasteiger partial charge in [-0.25, -0.2) is 9.59 Å². The van der Waals surface area contributed by atoms with Crippen molar-refractivity contribution in [2.75, 3.05) is 52.4 Å². The number of aromatic carboxylic acids is 4. The van der Waals surface area contributed by atoms with Crippen LogP contribution in [0.3, 0.4) is 0 Å². The molecule has 1 aromatic rings. The lowest BCUT2D eigenvalue weighted by atomic mass is 9.98. The summed E-state index contributed by atoms with van der Waals surface area (Å²) < 4.78 is 2.56. The smallest absolute Gasteiger partial charge is 0.336 e. The van der Waals surface area contributed by atoms with Gasteiger partial charge in [0.25, 0.3) is 0 Å². The van der Waals surface area contributed by atoms with E-state index < -0.39 is 46.1 Å². The molecule has 0 amide bonds. The normalized spacial score (nSPS) is 10.9. The van der Waals surface area contributed by atoms with Gasteiger partial charge in [-0.3, -0.25) is 0 Å². The molecule has 1 rings (SSSR count). The lowest BCUT2D eigenvalue weighted by Crippen LogP contribution is -2.47. The Bertz CT molecular complexity index is 722. The van der Waals surface area contributed by atoms with Crippen molar-refractivity contribution in [2.45, 2.75) is 55.4 Å². The van der Waals surface area contributed by atoms with Crippen LogP contribution in [-0.2, 0) is 0 Å². The predicted molar refractivity (Wildman–Crippen MR) is 134 cm³/mol. The zero-order chi connectivity index (χ0) is 28.7. The largest absolute Gasteiger partial charge is 0.545 e. The second-order valence-electron chi connectivity index (χ2n) is 8.34. The van der Waals surface area contributed by atoms with Crippen molar-refractivity contribution in [1.82, 2.24) is 0 Å². The highest BCUT2D eigenvalue weighted by Gasteiger charge is 2.20. The van der Waals surface area contributed by atoms with E-state index in [-0.39, 0.29) is 0 Å². The van der Waals surface area contributed by atoms with E-state index in [0.29, 0.717) is 12.1 Å². The van der Waals surface area contributed by atoms with Crippen LogP contribution in [0, 0.1) is 0 Å². The summed E-state index contributed by atoms with van der Waals surface area (Å²) in [6.07, 6.45) is 0. The molecule has 0 aliphatic heterocycles. The summed E-state index contributed by atoms with van der Waals surface area (Å²) in [5.74, 6) is -7.32. The Kier molecular flexibility index (Phi) is 16.3. The third-order valence-electron chi connectivity index (χ3n) is 7.42. The average molecular weight is 513 g/mol. The molecule has 0 saturated heterocycles.